The third kappa shape index (κ3) is 6.42. The van der Waals surface area contributed by atoms with Gasteiger partial charge < -0.3 is 5.32 Å². The molecule has 1 N–H and O–H groups in total. The van der Waals surface area contributed by atoms with Crippen LogP contribution >= 0.6 is 0 Å². The van der Waals surface area contributed by atoms with Crippen LogP contribution in [0.1, 0.15) is 66.7 Å². The van der Waals surface area contributed by atoms with E-state index in [0.29, 0.717) is 6.04 Å². The fourth-order valence-electron chi connectivity index (χ4n) is 2.00. The van der Waals surface area contributed by atoms with Crippen LogP contribution < -0.4 is 5.32 Å². The van der Waals surface area contributed by atoms with E-state index in [1.807, 2.05) is 0 Å². The Morgan fingerprint density at radius 3 is 2.00 bits per heavy atom. The van der Waals surface area contributed by atoms with Gasteiger partial charge in [-0.15, -0.1) is 0 Å². The van der Waals surface area contributed by atoms with Crippen molar-refractivity contribution in [1.29, 1.82) is 0 Å². The summed E-state index contributed by atoms with van der Waals surface area (Å²) in [6.07, 6.45) is 6.69. The minimum Gasteiger partial charge on any atom is -0.312 e. The molecule has 0 aromatic heterocycles. The van der Waals surface area contributed by atoms with E-state index in [4.69, 9.17) is 0 Å². The Balaban J connectivity index is 3.90. The summed E-state index contributed by atoms with van der Waals surface area (Å²) in [6.45, 7) is 11.4. The van der Waals surface area contributed by atoms with Crippen LogP contribution in [0.15, 0.2) is 0 Å². The van der Waals surface area contributed by atoms with Gasteiger partial charge in [-0.2, -0.15) is 0 Å². The van der Waals surface area contributed by atoms with E-state index in [0.717, 1.165) is 12.0 Å². The number of unbranched alkanes of at least 4 members (excludes halogenated alkanes) is 1. The van der Waals surface area contributed by atoms with Crippen molar-refractivity contribution in [2.75, 3.05) is 0 Å². The standard InChI is InChI=1S/C13H29N/c1-6-8-10-12(5)13(9-7-2)14-11(3)4/h11-14H,6-10H2,1-5H3. The molecule has 0 fully saturated rings. The Hall–Kier alpha value is -0.0400. The lowest BCUT2D eigenvalue weighted by atomic mass is 9.92. The molecule has 2 unspecified atom stereocenters. The van der Waals surface area contributed by atoms with Gasteiger partial charge in [-0.3, -0.25) is 0 Å². The molecular formula is C13H29N. The number of hydrogen-bond donors (Lipinski definition) is 1. The van der Waals surface area contributed by atoms with E-state index < -0.39 is 0 Å². The molecule has 0 aliphatic carbocycles. The number of nitrogens with one attached hydrogen (secondary N) is 1. The highest BCUT2D eigenvalue weighted by Crippen LogP contribution is 2.16. The maximum Gasteiger partial charge on any atom is 0.00949 e. The van der Waals surface area contributed by atoms with Crippen molar-refractivity contribution in [1.82, 2.24) is 5.32 Å². The molecule has 0 spiro atoms. The van der Waals surface area contributed by atoms with Crippen LogP contribution in [0.4, 0.5) is 0 Å². The van der Waals surface area contributed by atoms with E-state index in [1.165, 1.54) is 32.1 Å². The monoisotopic (exact) mass is 199 g/mol. The summed E-state index contributed by atoms with van der Waals surface area (Å²) < 4.78 is 0. The van der Waals surface area contributed by atoms with Gasteiger partial charge in [0.2, 0.25) is 0 Å². The zero-order valence-electron chi connectivity index (χ0n) is 10.8. The van der Waals surface area contributed by atoms with Crippen molar-refractivity contribution in [2.24, 2.45) is 5.92 Å². The molecule has 0 aliphatic rings. The average molecular weight is 199 g/mol. The second-order valence-electron chi connectivity index (χ2n) is 4.84. The molecule has 0 bridgehead atoms. The van der Waals surface area contributed by atoms with Crippen LogP contribution in [0, 0.1) is 5.92 Å². The Bertz CT molecular complexity index is 120. The Kier molecular flexibility index (Phi) is 8.26. The normalized spacial score (nSPS) is 15.9. The number of hydrogen-bond acceptors (Lipinski definition) is 1. The molecule has 0 saturated carbocycles. The maximum absolute atomic E-state index is 3.69. The van der Waals surface area contributed by atoms with Crippen molar-refractivity contribution >= 4 is 0 Å². The van der Waals surface area contributed by atoms with Crippen LogP contribution in [0.5, 0.6) is 0 Å². The molecular weight excluding hydrogens is 170 g/mol. The van der Waals surface area contributed by atoms with Gasteiger partial charge in [-0.1, -0.05) is 53.9 Å². The third-order valence-corrected chi connectivity index (χ3v) is 2.85. The average Bonchev–Trinajstić information content (AvgIpc) is 2.13. The van der Waals surface area contributed by atoms with Crippen LogP contribution in [0.3, 0.4) is 0 Å². The first-order chi connectivity index (χ1) is 6.61. The summed E-state index contributed by atoms with van der Waals surface area (Å²) in [6, 6.07) is 1.35. The lowest BCUT2D eigenvalue weighted by molar-refractivity contribution is 0.311. The Morgan fingerprint density at radius 2 is 1.57 bits per heavy atom. The highest BCUT2D eigenvalue weighted by atomic mass is 14.9. The highest BCUT2D eigenvalue weighted by Gasteiger charge is 2.16. The first-order valence-electron chi connectivity index (χ1n) is 6.37. The maximum atomic E-state index is 3.69. The lowest BCUT2D eigenvalue weighted by Crippen LogP contribution is -2.39. The third-order valence-electron chi connectivity index (χ3n) is 2.85. The van der Waals surface area contributed by atoms with Gasteiger partial charge >= 0.3 is 0 Å². The fourth-order valence-corrected chi connectivity index (χ4v) is 2.00. The predicted molar refractivity (Wildman–Crippen MR) is 65.7 cm³/mol. The molecule has 86 valence electrons. The zero-order valence-corrected chi connectivity index (χ0v) is 10.8. The van der Waals surface area contributed by atoms with Crippen LogP contribution in [0.25, 0.3) is 0 Å². The SMILES string of the molecule is CCCCC(C)C(CCC)NC(C)C. The summed E-state index contributed by atoms with van der Waals surface area (Å²) in [5, 5.41) is 3.69. The molecule has 1 heteroatoms. The van der Waals surface area contributed by atoms with Crippen LogP contribution in [-0.4, -0.2) is 12.1 Å². The van der Waals surface area contributed by atoms with Crippen LogP contribution in [-0.2, 0) is 0 Å². The van der Waals surface area contributed by atoms with Gasteiger partial charge in [0.15, 0.2) is 0 Å². The van der Waals surface area contributed by atoms with Crippen molar-refractivity contribution < 1.29 is 0 Å². The molecule has 2 atom stereocenters. The van der Waals surface area contributed by atoms with Crippen LogP contribution in [0.2, 0.25) is 0 Å². The molecule has 0 rings (SSSR count). The fraction of sp³-hybridized carbons (Fsp3) is 1.00. The summed E-state index contributed by atoms with van der Waals surface area (Å²) in [5.41, 5.74) is 0. The summed E-state index contributed by atoms with van der Waals surface area (Å²) >= 11 is 0. The molecule has 0 amide bonds. The molecule has 14 heavy (non-hydrogen) atoms. The molecule has 0 heterocycles. The van der Waals surface area contributed by atoms with E-state index in [9.17, 15) is 0 Å². The van der Waals surface area contributed by atoms with Crippen molar-refractivity contribution in [3.05, 3.63) is 0 Å². The minimum atomic E-state index is 0.621. The quantitative estimate of drug-likeness (QED) is 0.623. The van der Waals surface area contributed by atoms with Crippen molar-refractivity contribution in [3.8, 4) is 0 Å². The predicted octanol–water partition coefficient (Wildman–Crippen LogP) is 3.98. The topological polar surface area (TPSA) is 12.0 Å². The van der Waals surface area contributed by atoms with E-state index in [2.05, 4.69) is 39.9 Å². The molecule has 0 aromatic carbocycles. The first kappa shape index (κ1) is 14.0. The molecule has 0 aliphatic heterocycles. The van der Waals surface area contributed by atoms with Gasteiger partial charge in [-0.05, 0) is 18.8 Å². The summed E-state index contributed by atoms with van der Waals surface area (Å²) in [4.78, 5) is 0. The van der Waals surface area contributed by atoms with Crippen molar-refractivity contribution in [2.45, 2.75) is 78.8 Å². The van der Waals surface area contributed by atoms with Gasteiger partial charge in [0.25, 0.3) is 0 Å². The van der Waals surface area contributed by atoms with Crippen molar-refractivity contribution in [3.63, 3.8) is 0 Å². The van der Waals surface area contributed by atoms with E-state index >= 15 is 0 Å². The van der Waals surface area contributed by atoms with Gasteiger partial charge in [-0.25, -0.2) is 0 Å². The minimum absolute atomic E-state index is 0.621. The second-order valence-corrected chi connectivity index (χ2v) is 4.84. The lowest BCUT2D eigenvalue weighted by Gasteiger charge is -2.27. The Labute approximate surface area is 90.7 Å². The van der Waals surface area contributed by atoms with Gasteiger partial charge in [0.05, 0.1) is 0 Å². The van der Waals surface area contributed by atoms with Gasteiger partial charge in [0.1, 0.15) is 0 Å². The highest BCUT2D eigenvalue weighted by molar-refractivity contribution is 4.74. The molecule has 0 aromatic rings. The molecule has 0 saturated heterocycles. The summed E-state index contributed by atoms with van der Waals surface area (Å²) in [5.74, 6) is 0.831. The first-order valence-corrected chi connectivity index (χ1v) is 6.37. The van der Waals surface area contributed by atoms with E-state index in [1.54, 1.807) is 0 Å². The smallest absolute Gasteiger partial charge is 0.00949 e. The van der Waals surface area contributed by atoms with E-state index in [-0.39, 0.29) is 0 Å². The zero-order chi connectivity index (χ0) is 11.0. The summed E-state index contributed by atoms with van der Waals surface area (Å²) in [7, 11) is 0. The number of rotatable bonds is 8. The molecule has 0 radical (unpaired) electrons. The van der Waals surface area contributed by atoms with Gasteiger partial charge in [0, 0.05) is 12.1 Å². The second kappa shape index (κ2) is 8.28. The largest absolute Gasteiger partial charge is 0.312 e. The Morgan fingerprint density at radius 1 is 0.929 bits per heavy atom. The molecule has 1 nitrogen and oxygen atoms in total.